The molecule has 98 valence electrons. The van der Waals surface area contributed by atoms with Gasteiger partial charge in [-0.15, -0.1) is 0 Å². The van der Waals surface area contributed by atoms with Gasteiger partial charge in [0, 0.05) is 6.54 Å². The summed E-state index contributed by atoms with van der Waals surface area (Å²) in [4.78, 5) is 26.1. The van der Waals surface area contributed by atoms with Crippen molar-refractivity contribution in [1.82, 2.24) is 10.6 Å². The summed E-state index contributed by atoms with van der Waals surface area (Å²) < 4.78 is 0. The second-order valence-electron chi connectivity index (χ2n) is 3.50. The van der Waals surface area contributed by atoms with E-state index in [4.69, 9.17) is 17.2 Å². The van der Waals surface area contributed by atoms with Crippen molar-refractivity contribution in [3.05, 3.63) is 0 Å². The standard InChI is InChI=1S/C9H20N6O2/c1-13-5-7(16)15-6(8(10)17)3-2-4-14-9(11)12/h6,13H,2-5H2,1H3,(H2,10,17)(H,15,16)(H4,11,12,14). The van der Waals surface area contributed by atoms with Crippen LogP contribution >= 0.6 is 0 Å². The van der Waals surface area contributed by atoms with Gasteiger partial charge in [-0.3, -0.25) is 14.6 Å². The Morgan fingerprint density at radius 1 is 1.29 bits per heavy atom. The van der Waals surface area contributed by atoms with Gasteiger partial charge in [-0.05, 0) is 19.9 Å². The maximum atomic E-state index is 11.2. The van der Waals surface area contributed by atoms with E-state index in [1.807, 2.05) is 0 Å². The summed E-state index contributed by atoms with van der Waals surface area (Å²) in [5.74, 6) is -0.850. The van der Waals surface area contributed by atoms with Crippen LogP contribution in [0.3, 0.4) is 0 Å². The van der Waals surface area contributed by atoms with Gasteiger partial charge in [-0.2, -0.15) is 0 Å². The number of hydrogen-bond acceptors (Lipinski definition) is 4. The van der Waals surface area contributed by atoms with E-state index in [9.17, 15) is 9.59 Å². The quantitative estimate of drug-likeness (QED) is 0.178. The Morgan fingerprint density at radius 2 is 1.94 bits per heavy atom. The molecule has 0 aliphatic carbocycles. The van der Waals surface area contributed by atoms with Crippen molar-refractivity contribution >= 4 is 17.8 Å². The fraction of sp³-hybridized carbons (Fsp3) is 0.667. The Balaban J connectivity index is 4.03. The topological polar surface area (TPSA) is 149 Å². The van der Waals surface area contributed by atoms with Crippen molar-refractivity contribution in [3.8, 4) is 0 Å². The number of rotatable bonds is 8. The molecule has 0 aliphatic rings. The molecule has 8 N–H and O–H groups in total. The number of guanidine groups is 1. The second kappa shape index (κ2) is 8.34. The van der Waals surface area contributed by atoms with Crippen molar-refractivity contribution < 1.29 is 9.59 Å². The number of likely N-dealkylation sites (N-methyl/N-ethyl adjacent to an activating group) is 1. The monoisotopic (exact) mass is 244 g/mol. The highest BCUT2D eigenvalue weighted by atomic mass is 16.2. The van der Waals surface area contributed by atoms with Gasteiger partial charge in [-0.1, -0.05) is 0 Å². The maximum absolute atomic E-state index is 11.2. The van der Waals surface area contributed by atoms with Crippen LogP contribution in [0, 0.1) is 0 Å². The van der Waals surface area contributed by atoms with Gasteiger partial charge >= 0.3 is 0 Å². The van der Waals surface area contributed by atoms with E-state index in [0.717, 1.165) is 0 Å². The molecule has 0 heterocycles. The van der Waals surface area contributed by atoms with Crippen LogP contribution in [-0.2, 0) is 9.59 Å². The average Bonchev–Trinajstić information content (AvgIpc) is 2.22. The summed E-state index contributed by atoms with van der Waals surface area (Å²) in [6.07, 6.45) is 0.965. The minimum Gasteiger partial charge on any atom is -0.370 e. The molecule has 17 heavy (non-hydrogen) atoms. The van der Waals surface area contributed by atoms with Crippen molar-refractivity contribution in [1.29, 1.82) is 0 Å². The molecule has 0 saturated heterocycles. The lowest BCUT2D eigenvalue weighted by Crippen LogP contribution is -2.47. The molecule has 1 atom stereocenters. The molecule has 0 aromatic rings. The molecule has 0 radical (unpaired) electrons. The molecule has 0 saturated carbocycles. The number of nitrogens with one attached hydrogen (secondary N) is 2. The minimum absolute atomic E-state index is 0.000145. The van der Waals surface area contributed by atoms with Gasteiger partial charge in [0.2, 0.25) is 11.8 Å². The van der Waals surface area contributed by atoms with Gasteiger partial charge in [0.1, 0.15) is 6.04 Å². The number of hydrogen-bond donors (Lipinski definition) is 5. The Labute approximate surface area is 100.0 Å². The van der Waals surface area contributed by atoms with E-state index in [1.54, 1.807) is 7.05 Å². The molecule has 0 aromatic heterocycles. The fourth-order valence-corrected chi connectivity index (χ4v) is 1.20. The van der Waals surface area contributed by atoms with Crippen LogP contribution in [0.2, 0.25) is 0 Å². The zero-order valence-electron chi connectivity index (χ0n) is 9.90. The molecule has 0 aromatic carbocycles. The number of aliphatic imine (C=N–C) groups is 1. The number of carbonyl (C=O) groups is 2. The normalized spacial score (nSPS) is 11.6. The van der Waals surface area contributed by atoms with Crippen molar-refractivity contribution in [2.24, 2.45) is 22.2 Å². The fourth-order valence-electron chi connectivity index (χ4n) is 1.20. The van der Waals surface area contributed by atoms with E-state index < -0.39 is 11.9 Å². The molecule has 8 nitrogen and oxygen atoms in total. The summed E-state index contributed by atoms with van der Waals surface area (Å²) in [7, 11) is 1.64. The lowest BCUT2D eigenvalue weighted by molar-refractivity contribution is -0.127. The molecular weight excluding hydrogens is 224 g/mol. The lowest BCUT2D eigenvalue weighted by Gasteiger charge is -2.14. The highest BCUT2D eigenvalue weighted by molar-refractivity contribution is 5.87. The van der Waals surface area contributed by atoms with Gasteiger partial charge in [-0.25, -0.2) is 0 Å². The first-order valence-corrected chi connectivity index (χ1v) is 5.26. The molecule has 0 rings (SSSR count). The number of nitrogens with two attached hydrogens (primary N) is 3. The molecular formula is C9H20N6O2. The van der Waals surface area contributed by atoms with Crippen LogP contribution in [0.4, 0.5) is 0 Å². The zero-order chi connectivity index (χ0) is 13.3. The van der Waals surface area contributed by atoms with Gasteiger partial charge < -0.3 is 27.8 Å². The van der Waals surface area contributed by atoms with Crippen LogP contribution in [0.1, 0.15) is 12.8 Å². The summed E-state index contributed by atoms with van der Waals surface area (Å²) in [5, 5.41) is 5.19. The van der Waals surface area contributed by atoms with E-state index >= 15 is 0 Å². The Kier molecular flexibility index (Phi) is 7.44. The summed E-state index contributed by atoms with van der Waals surface area (Å²) in [5.41, 5.74) is 15.5. The van der Waals surface area contributed by atoms with Gasteiger partial charge in [0.05, 0.1) is 6.54 Å². The molecule has 0 bridgehead atoms. The lowest BCUT2D eigenvalue weighted by atomic mass is 10.1. The Bertz CT molecular complexity index is 287. The SMILES string of the molecule is CNCC(=O)NC(CCCN=C(N)N)C(N)=O. The maximum Gasteiger partial charge on any atom is 0.240 e. The highest BCUT2D eigenvalue weighted by Gasteiger charge is 2.16. The molecule has 1 unspecified atom stereocenters. The van der Waals surface area contributed by atoms with Gasteiger partial charge in [0.25, 0.3) is 0 Å². The Hall–Kier alpha value is -1.83. The van der Waals surface area contributed by atoms with Crippen molar-refractivity contribution in [2.45, 2.75) is 18.9 Å². The van der Waals surface area contributed by atoms with Crippen LogP contribution in [0.25, 0.3) is 0 Å². The van der Waals surface area contributed by atoms with Crippen LogP contribution < -0.4 is 27.8 Å². The smallest absolute Gasteiger partial charge is 0.240 e. The number of primary amides is 1. The largest absolute Gasteiger partial charge is 0.370 e. The molecule has 0 spiro atoms. The predicted molar refractivity (Wildman–Crippen MR) is 65.0 cm³/mol. The zero-order valence-corrected chi connectivity index (χ0v) is 9.90. The van der Waals surface area contributed by atoms with E-state index in [1.165, 1.54) is 0 Å². The minimum atomic E-state index is -0.690. The first-order valence-electron chi connectivity index (χ1n) is 5.26. The summed E-state index contributed by atoms with van der Waals surface area (Å²) in [6.45, 7) is 0.533. The first-order chi connectivity index (χ1) is 7.97. The van der Waals surface area contributed by atoms with Gasteiger partial charge in [0.15, 0.2) is 5.96 Å². The van der Waals surface area contributed by atoms with Crippen molar-refractivity contribution in [2.75, 3.05) is 20.1 Å². The molecule has 0 fully saturated rings. The first kappa shape index (κ1) is 15.2. The number of nitrogens with zero attached hydrogens (tertiary/aromatic N) is 1. The summed E-state index contributed by atoms with van der Waals surface area (Å²) in [6, 6.07) is -0.690. The number of carbonyl (C=O) groups excluding carboxylic acids is 2. The van der Waals surface area contributed by atoms with Crippen LogP contribution in [0.5, 0.6) is 0 Å². The average molecular weight is 244 g/mol. The molecule has 0 aliphatic heterocycles. The Morgan fingerprint density at radius 3 is 2.41 bits per heavy atom. The second-order valence-corrected chi connectivity index (χ2v) is 3.50. The van der Waals surface area contributed by atoms with E-state index in [-0.39, 0.29) is 18.4 Å². The summed E-state index contributed by atoms with van der Waals surface area (Å²) >= 11 is 0. The van der Waals surface area contributed by atoms with Crippen LogP contribution in [-0.4, -0.2) is 44.0 Å². The molecule has 2 amide bonds. The predicted octanol–water partition coefficient (Wildman–Crippen LogP) is -2.77. The highest BCUT2D eigenvalue weighted by Crippen LogP contribution is 1.97. The molecule has 8 heteroatoms. The van der Waals surface area contributed by atoms with Crippen molar-refractivity contribution in [3.63, 3.8) is 0 Å². The third-order valence-corrected chi connectivity index (χ3v) is 1.96. The number of amides is 2. The third-order valence-electron chi connectivity index (χ3n) is 1.96. The third kappa shape index (κ3) is 8.03. The van der Waals surface area contributed by atoms with Crippen LogP contribution in [0.15, 0.2) is 4.99 Å². The van der Waals surface area contributed by atoms with E-state index in [2.05, 4.69) is 15.6 Å². The van der Waals surface area contributed by atoms with E-state index in [0.29, 0.717) is 19.4 Å².